The molecule has 0 saturated heterocycles. The summed E-state index contributed by atoms with van der Waals surface area (Å²) < 4.78 is 26.9. The fraction of sp³-hybridized carbons (Fsp3) is 0.278. The molecule has 3 nitrogen and oxygen atoms in total. The number of carbonyl (C=O) groups is 1. The van der Waals surface area contributed by atoms with E-state index in [1.807, 2.05) is 0 Å². The van der Waals surface area contributed by atoms with Gasteiger partial charge < -0.3 is 10.4 Å². The molecule has 0 aliphatic rings. The van der Waals surface area contributed by atoms with E-state index in [4.69, 9.17) is 0 Å². The molecular formula is C18H19F2NO2. The lowest BCUT2D eigenvalue weighted by atomic mass is 9.83. The zero-order valence-corrected chi connectivity index (χ0v) is 13.0. The minimum Gasteiger partial charge on any atom is -0.386 e. The molecule has 0 aliphatic carbocycles. The Morgan fingerprint density at radius 1 is 1.17 bits per heavy atom. The van der Waals surface area contributed by atoms with E-state index in [0.717, 1.165) is 0 Å². The number of hydrogen-bond acceptors (Lipinski definition) is 2. The average Bonchev–Trinajstić information content (AvgIpc) is 2.52. The Labute approximate surface area is 134 Å². The van der Waals surface area contributed by atoms with Crippen LogP contribution >= 0.6 is 0 Å². The molecule has 0 heterocycles. The van der Waals surface area contributed by atoms with E-state index in [2.05, 4.69) is 5.32 Å². The van der Waals surface area contributed by atoms with Crippen LogP contribution in [0.25, 0.3) is 0 Å². The van der Waals surface area contributed by atoms with Crippen LogP contribution < -0.4 is 5.32 Å². The highest BCUT2D eigenvalue weighted by Gasteiger charge is 2.30. The fourth-order valence-electron chi connectivity index (χ4n) is 2.27. The van der Waals surface area contributed by atoms with Gasteiger partial charge in [0, 0.05) is 12.1 Å². The normalized spacial score (nSPS) is 12.7. The lowest BCUT2D eigenvalue weighted by Gasteiger charge is -2.25. The predicted molar refractivity (Wildman–Crippen MR) is 83.8 cm³/mol. The molecule has 5 heteroatoms. The largest absolute Gasteiger partial charge is 0.386 e. The predicted octanol–water partition coefficient (Wildman–Crippen LogP) is 3.09. The first kappa shape index (κ1) is 17.1. The van der Waals surface area contributed by atoms with Gasteiger partial charge in [-0.05, 0) is 37.6 Å². The van der Waals surface area contributed by atoms with Crippen molar-refractivity contribution >= 4 is 5.91 Å². The van der Waals surface area contributed by atoms with Gasteiger partial charge in [0.05, 0.1) is 11.5 Å². The number of amides is 1. The van der Waals surface area contributed by atoms with Crippen LogP contribution in [0.5, 0.6) is 0 Å². The summed E-state index contributed by atoms with van der Waals surface area (Å²) in [4.78, 5) is 12.4. The molecule has 2 aromatic carbocycles. The summed E-state index contributed by atoms with van der Waals surface area (Å²) in [5.41, 5.74) is -0.330. The molecule has 1 atom stereocenters. The molecule has 0 fully saturated rings. The van der Waals surface area contributed by atoms with Gasteiger partial charge in [0.1, 0.15) is 11.6 Å². The third kappa shape index (κ3) is 3.93. The monoisotopic (exact) mass is 319 g/mol. The van der Waals surface area contributed by atoms with E-state index in [9.17, 15) is 18.7 Å². The zero-order valence-electron chi connectivity index (χ0n) is 13.0. The van der Waals surface area contributed by atoms with Gasteiger partial charge in [-0.25, -0.2) is 8.78 Å². The van der Waals surface area contributed by atoms with E-state index in [0.29, 0.717) is 5.56 Å². The van der Waals surface area contributed by atoms with Gasteiger partial charge >= 0.3 is 0 Å². The van der Waals surface area contributed by atoms with Gasteiger partial charge in [0.15, 0.2) is 0 Å². The number of halogens is 2. The van der Waals surface area contributed by atoms with Gasteiger partial charge in [-0.3, -0.25) is 4.79 Å². The molecule has 2 N–H and O–H groups in total. The van der Waals surface area contributed by atoms with Gasteiger partial charge in [-0.15, -0.1) is 0 Å². The Balaban J connectivity index is 2.05. The third-order valence-corrected chi connectivity index (χ3v) is 3.83. The summed E-state index contributed by atoms with van der Waals surface area (Å²) in [6.07, 6.45) is -1.15. The summed E-state index contributed by atoms with van der Waals surface area (Å²) in [6.45, 7) is 3.19. The van der Waals surface area contributed by atoms with Crippen molar-refractivity contribution in [2.24, 2.45) is 0 Å². The SMILES string of the molecule is CC(C)(C(=O)NCC(O)c1ccccc1F)c1cccc(F)c1. The van der Waals surface area contributed by atoms with Crippen LogP contribution in [0.1, 0.15) is 31.1 Å². The van der Waals surface area contributed by atoms with Gasteiger partial charge in [0.25, 0.3) is 0 Å². The standard InChI is InChI=1S/C18H19F2NO2/c1-18(2,12-6-5-7-13(19)10-12)17(23)21-11-16(22)14-8-3-4-9-15(14)20/h3-10,16,22H,11H2,1-2H3,(H,21,23). The summed E-state index contributed by atoms with van der Waals surface area (Å²) in [5.74, 6) is -1.33. The van der Waals surface area contributed by atoms with E-state index in [1.165, 1.54) is 36.4 Å². The van der Waals surface area contributed by atoms with Crippen molar-refractivity contribution in [3.8, 4) is 0 Å². The van der Waals surface area contributed by atoms with Crippen LogP contribution in [0.3, 0.4) is 0 Å². The van der Waals surface area contributed by atoms with Crippen LogP contribution in [-0.2, 0) is 10.2 Å². The summed E-state index contributed by atoms with van der Waals surface area (Å²) >= 11 is 0. The first-order valence-corrected chi connectivity index (χ1v) is 7.29. The lowest BCUT2D eigenvalue weighted by molar-refractivity contribution is -0.126. The Bertz CT molecular complexity index is 701. The summed E-state index contributed by atoms with van der Waals surface area (Å²) in [5, 5.41) is 12.6. The van der Waals surface area contributed by atoms with Gasteiger partial charge in [-0.2, -0.15) is 0 Å². The molecule has 2 aromatic rings. The molecular weight excluding hydrogens is 300 g/mol. The highest BCUT2D eigenvalue weighted by Crippen LogP contribution is 2.24. The molecule has 0 spiro atoms. The quantitative estimate of drug-likeness (QED) is 0.890. The number of rotatable bonds is 5. The summed E-state index contributed by atoms with van der Waals surface area (Å²) in [7, 11) is 0. The fourth-order valence-corrected chi connectivity index (χ4v) is 2.27. The smallest absolute Gasteiger partial charge is 0.230 e. The Hall–Kier alpha value is -2.27. The molecule has 2 rings (SSSR count). The lowest BCUT2D eigenvalue weighted by Crippen LogP contribution is -2.41. The van der Waals surface area contributed by atoms with Crippen molar-refractivity contribution in [3.05, 3.63) is 71.3 Å². The molecule has 0 aromatic heterocycles. The van der Waals surface area contributed by atoms with E-state index in [1.54, 1.807) is 26.0 Å². The van der Waals surface area contributed by atoms with Gasteiger partial charge in [0.2, 0.25) is 5.91 Å². The maximum atomic E-state index is 13.6. The molecule has 0 radical (unpaired) electrons. The molecule has 0 aliphatic heterocycles. The first-order valence-electron chi connectivity index (χ1n) is 7.29. The topological polar surface area (TPSA) is 49.3 Å². The number of hydrogen-bond donors (Lipinski definition) is 2. The van der Waals surface area contributed by atoms with Crippen molar-refractivity contribution in [1.82, 2.24) is 5.32 Å². The Morgan fingerprint density at radius 2 is 1.87 bits per heavy atom. The van der Waals surface area contributed by atoms with Crippen LogP contribution in [0, 0.1) is 11.6 Å². The molecule has 0 bridgehead atoms. The molecule has 0 saturated carbocycles. The van der Waals surface area contributed by atoms with Crippen molar-refractivity contribution in [2.45, 2.75) is 25.4 Å². The van der Waals surface area contributed by atoms with E-state index in [-0.39, 0.29) is 18.0 Å². The second-order valence-electron chi connectivity index (χ2n) is 5.88. The minimum absolute atomic E-state index is 0.122. The van der Waals surface area contributed by atoms with Crippen LogP contribution in [-0.4, -0.2) is 17.6 Å². The molecule has 122 valence electrons. The molecule has 23 heavy (non-hydrogen) atoms. The minimum atomic E-state index is -1.15. The van der Waals surface area contributed by atoms with Crippen molar-refractivity contribution in [3.63, 3.8) is 0 Å². The van der Waals surface area contributed by atoms with Crippen LogP contribution in [0.4, 0.5) is 8.78 Å². The number of aliphatic hydroxyl groups is 1. The maximum absolute atomic E-state index is 13.6. The molecule has 1 amide bonds. The number of nitrogens with one attached hydrogen (secondary N) is 1. The summed E-state index contributed by atoms with van der Waals surface area (Å²) in [6, 6.07) is 11.6. The highest BCUT2D eigenvalue weighted by atomic mass is 19.1. The number of carbonyl (C=O) groups excluding carboxylic acids is 1. The third-order valence-electron chi connectivity index (χ3n) is 3.83. The number of aliphatic hydroxyl groups excluding tert-OH is 1. The average molecular weight is 319 g/mol. The van der Waals surface area contributed by atoms with Crippen molar-refractivity contribution in [1.29, 1.82) is 0 Å². The highest BCUT2D eigenvalue weighted by molar-refractivity contribution is 5.87. The molecule has 1 unspecified atom stereocenters. The Morgan fingerprint density at radius 3 is 2.52 bits per heavy atom. The number of benzene rings is 2. The van der Waals surface area contributed by atoms with Crippen molar-refractivity contribution < 1.29 is 18.7 Å². The van der Waals surface area contributed by atoms with E-state index >= 15 is 0 Å². The van der Waals surface area contributed by atoms with Crippen molar-refractivity contribution in [2.75, 3.05) is 6.54 Å². The first-order chi connectivity index (χ1) is 10.8. The van der Waals surface area contributed by atoms with Crippen LogP contribution in [0.2, 0.25) is 0 Å². The second kappa shape index (κ2) is 6.87. The van der Waals surface area contributed by atoms with Crippen LogP contribution in [0.15, 0.2) is 48.5 Å². The second-order valence-corrected chi connectivity index (χ2v) is 5.88. The maximum Gasteiger partial charge on any atom is 0.230 e. The zero-order chi connectivity index (χ0) is 17.0. The Kier molecular flexibility index (Phi) is 5.11. The van der Waals surface area contributed by atoms with E-state index < -0.39 is 23.2 Å². The van der Waals surface area contributed by atoms with Gasteiger partial charge in [-0.1, -0.05) is 30.3 Å².